The first-order valence-corrected chi connectivity index (χ1v) is 7.23. The predicted molar refractivity (Wildman–Crippen MR) is 79.1 cm³/mol. The lowest BCUT2D eigenvalue weighted by Crippen LogP contribution is -2.36. The van der Waals surface area contributed by atoms with Gasteiger partial charge in [0.2, 0.25) is 0 Å². The van der Waals surface area contributed by atoms with Gasteiger partial charge in [-0.25, -0.2) is 0 Å². The minimum Gasteiger partial charge on any atom is -0.371 e. The van der Waals surface area contributed by atoms with Crippen molar-refractivity contribution >= 4 is 17.3 Å². The third-order valence-corrected chi connectivity index (χ3v) is 4.48. The monoisotopic (exact) mass is 266 g/mol. The van der Waals surface area contributed by atoms with E-state index in [9.17, 15) is 0 Å². The zero-order valence-corrected chi connectivity index (χ0v) is 12.1. The lowest BCUT2D eigenvalue weighted by molar-refractivity contribution is 0.311. The molecule has 0 unspecified atom stereocenters. The van der Waals surface area contributed by atoms with Gasteiger partial charge in [-0.05, 0) is 36.8 Å². The summed E-state index contributed by atoms with van der Waals surface area (Å²) in [6, 6.07) is 6.09. The van der Waals surface area contributed by atoms with E-state index in [1.54, 1.807) is 0 Å². The highest BCUT2D eigenvalue weighted by Gasteiger charge is 2.23. The van der Waals surface area contributed by atoms with Crippen molar-refractivity contribution in [1.29, 1.82) is 0 Å². The summed E-state index contributed by atoms with van der Waals surface area (Å²) in [7, 11) is 0. The van der Waals surface area contributed by atoms with Crippen molar-refractivity contribution in [3.63, 3.8) is 0 Å². The molecule has 1 aromatic rings. The van der Waals surface area contributed by atoms with E-state index >= 15 is 0 Å². The molecule has 1 heterocycles. The molecular weight excluding hydrogens is 244 g/mol. The summed E-state index contributed by atoms with van der Waals surface area (Å²) in [6.45, 7) is 7.40. The summed E-state index contributed by atoms with van der Waals surface area (Å²) in [5, 5.41) is 0.793. The van der Waals surface area contributed by atoms with Crippen molar-refractivity contribution in [1.82, 2.24) is 0 Å². The van der Waals surface area contributed by atoms with E-state index in [0.717, 1.165) is 35.5 Å². The van der Waals surface area contributed by atoms with Crippen LogP contribution < -0.4 is 10.6 Å². The Labute approximate surface area is 115 Å². The third kappa shape index (κ3) is 2.81. The molecular formula is C15H23ClN2. The van der Waals surface area contributed by atoms with E-state index in [4.69, 9.17) is 17.3 Å². The molecule has 0 saturated carbocycles. The molecule has 0 amide bonds. The van der Waals surface area contributed by atoms with Crippen LogP contribution in [0.4, 0.5) is 5.69 Å². The number of rotatable bonds is 3. The van der Waals surface area contributed by atoms with Crippen LogP contribution in [0.1, 0.15) is 32.3 Å². The highest BCUT2D eigenvalue weighted by Crippen LogP contribution is 2.32. The van der Waals surface area contributed by atoms with E-state index in [0.29, 0.717) is 6.54 Å². The van der Waals surface area contributed by atoms with Crippen LogP contribution in [-0.4, -0.2) is 13.1 Å². The summed E-state index contributed by atoms with van der Waals surface area (Å²) < 4.78 is 0. The van der Waals surface area contributed by atoms with Crippen LogP contribution in [0, 0.1) is 11.8 Å². The van der Waals surface area contributed by atoms with Gasteiger partial charge in [0.25, 0.3) is 0 Å². The van der Waals surface area contributed by atoms with Gasteiger partial charge in [0.05, 0.1) is 0 Å². The largest absolute Gasteiger partial charge is 0.371 e. The number of nitrogens with zero attached hydrogens (tertiary/aromatic N) is 1. The van der Waals surface area contributed by atoms with Crippen LogP contribution in [-0.2, 0) is 6.54 Å². The molecule has 1 fully saturated rings. The van der Waals surface area contributed by atoms with E-state index < -0.39 is 0 Å². The van der Waals surface area contributed by atoms with Crippen molar-refractivity contribution in [2.75, 3.05) is 18.0 Å². The van der Waals surface area contributed by atoms with Gasteiger partial charge in [-0.15, -0.1) is 0 Å². The van der Waals surface area contributed by atoms with Crippen molar-refractivity contribution in [2.24, 2.45) is 17.6 Å². The predicted octanol–water partition coefficient (Wildman–Crippen LogP) is 3.67. The molecule has 1 aromatic carbocycles. The van der Waals surface area contributed by atoms with Crippen molar-refractivity contribution < 1.29 is 0 Å². The van der Waals surface area contributed by atoms with E-state index in [2.05, 4.69) is 24.8 Å². The smallest absolute Gasteiger partial charge is 0.0471 e. The van der Waals surface area contributed by atoms with Crippen LogP contribution in [0.25, 0.3) is 0 Å². The van der Waals surface area contributed by atoms with Gasteiger partial charge >= 0.3 is 0 Å². The van der Waals surface area contributed by atoms with Crippen LogP contribution in [0.3, 0.4) is 0 Å². The van der Waals surface area contributed by atoms with Gasteiger partial charge in [0.15, 0.2) is 0 Å². The Balaban J connectivity index is 2.12. The van der Waals surface area contributed by atoms with Gasteiger partial charge in [0, 0.05) is 35.9 Å². The van der Waals surface area contributed by atoms with E-state index in [-0.39, 0.29) is 0 Å². The summed E-state index contributed by atoms with van der Waals surface area (Å²) >= 11 is 6.22. The number of nitrogens with two attached hydrogens (primary N) is 1. The minimum atomic E-state index is 0.513. The molecule has 2 N–H and O–H groups in total. The lowest BCUT2D eigenvalue weighted by Gasteiger charge is -2.36. The van der Waals surface area contributed by atoms with E-state index in [1.165, 1.54) is 18.5 Å². The molecule has 3 heteroatoms. The fourth-order valence-electron chi connectivity index (χ4n) is 2.85. The van der Waals surface area contributed by atoms with Crippen LogP contribution in [0.15, 0.2) is 18.2 Å². The first kappa shape index (κ1) is 13.7. The van der Waals surface area contributed by atoms with Gasteiger partial charge in [0.1, 0.15) is 0 Å². The number of hydrogen-bond donors (Lipinski definition) is 1. The molecule has 1 aliphatic heterocycles. The number of anilines is 1. The van der Waals surface area contributed by atoms with Crippen molar-refractivity contribution in [2.45, 2.75) is 33.2 Å². The fraction of sp³-hybridized carbons (Fsp3) is 0.600. The Morgan fingerprint density at radius 2 is 2.00 bits per heavy atom. The maximum atomic E-state index is 6.22. The van der Waals surface area contributed by atoms with Gasteiger partial charge < -0.3 is 10.6 Å². The van der Waals surface area contributed by atoms with E-state index in [1.807, 2.05) is 12.1 Å². The number of piperidine rings is 1. The molecule has 0 radical (unpaired) electrons. The topological polar surface area (TPSA) is 29.3 Å². The molecule has 1 saturated heterocycles. The first-order valence-electron chi connectivity index (χ1n) is 6.86. The summed E-state index contributed by atoms with van der Waals surface area (Å²) in [5.41, 5.74) is 8.14. The SMILES string of the molecule is CC(C)C1CCN(c2cccc(Cl)c2CN)CC1. The Morgan fingerprint density at radius 3 is 2.56 bits per heavy atom. The average Bonchev–Trinajstić information content (AvgIpc) is 2.38. The van der Waals surface area contributed by atoms with Crippen molar-refractivity contribution in [3.05, 3.63) is 28.8 Å². The number of halogens is 1. The minimum absolute atomic E-state index is 0.513. The summed E-state index contributed by atoms with van der Waals surface area (Å²) in [6.07, 6.45) is 2.54. The van der Waals surface area contributed by atoms with Gasteiger partial charge in [-0.1, -0.05) is 31.5 Å². The highest BCUT2D eigenvalue weighted by atomic mass is 35.5. The van der Waals surface area contributed by atoms with Crippen LogP contribution in [0.2, 0.25) is 5.02 Å². The second-order valence-electron chi connectivity index (χ2n) is 5.51. The molecule has 0 spiro atoms. The summed E-state index contributed by atoms with van der Waals surface area (Å²) in [4.78, 5) is 2.44. The van der Waals surface area contributed by atoms with Gasteiger partial charge in [-0.3, -0.25) is 0 Å². The molecule has 18 heavy (non-hydrogen) atoms. The second-order valence-corrected chi connectivity index (χ2v) is 5.92. The molecule has 0 aromatic heterocycles. The molecule has 0 bridgehead atoms. The Bertz CT molecular complexity index is 395. The normalized spacial score (nSPS) is 17.5. The summed E-state index contributed by atoms with van der Waals surface area (Å²) in [5.74, 6) is 1.65. The molecule has 2 nitrogen and oxygen atoms in total. The fourth-order valence-corrected chi connectivity index (χ4v) is 3.10. The number of hydrogen-bond acceptors (Lipinski definition) is 2. The maximum absolute atomic E-state index is 6.22. The third-order valence-electron chi connectivity index (χ3n) is 4.12. The zero-order chi connectivity index (χ0) is 13.1. The Kier molecular flexibility index (Phi) is 4.52. The quantitative estimate of drug-likeness (QED) is 0.905. The van der Waals surface area contributed by atoms with Gasteiger partial charge in [-0.2, -0.15) is 0 Å². The molecule has 1 aliphatic rings. The second kappa shape index (κ2) is 5.94. The molecule has 2 rings (SSSR count). The lowest BCUT2D eigenvalue weighted by atomic mass is 9.86. The highest BCUT2D eigenvalue weighted by molar-refractivity contribution is 6.31. The zero-order valence-electron chi connectivity index (χ0n) is 11.3. The molecule has 0 atom stereocenters. The van der Waals surface area contributed by atoms with Crippen molar-refractivity contribution in [3.8, 4) is 0 Å². The Hall–Kier alpha value is -0.730. The molecule has 100 valence electrons. The van der Waals surface area contributed by atoms with Crippen LogP contribution in [0.5, 0.6) is 0 Å². The van der Waals surface area contributed by atoms with Crippen LogP contribution >= 0.6 is 11.6 Å². The Morgan fingerprint density at radius 1 is 1.33 bits per heavy atom. The first-order chi connectivity index (χ1) is 8.63. The average molecular weight is 267 g/mol. The molecule has 0 aliphatic carbocycles. The number of benzene rings is 1. The standard InChI is InChI=1S/C15H23ClN2/c1-11(2)12-6-8-18(9-7-12)15-5-3-4-14(16)13(15)10-17/h3-5,11-12H,6-10,17H2,1-2H3. The maximum Gasteiger partial charge on any atom is 0.0471 e.